The summed E-state index contributed by atoms with van der Waals surface area (Å²) >= 11 is 0. The van der Waals surface area contributed by atoms with Crippen molar-refractivity contribution in [3.05, 3.63) is 35.4 Å². The Bertz CT molecular complexity index is 339. The molecule has 1 aromatic rings. The summed E-state index contributed by atoms with van der Waals surface area (Å²) in [7, 11) is 0. The average Bonchev–Trinajstić information content (AvgIpc) is 2.78. The summed E-state index contributed by atoms with van der Waals surface area (Å²) in [5, 5.41) is 3.57. The predicted octanol–water partition coefficient (Wildman–Crippen LogP) is 4.06. The minimum Gasteiger partial charge on any atom is -0.314 e. The van der Waals surface area contributed by atoms with E-state index < -0.39 is 0 Å². The van der Waals surface area contributed by atoms with Crippen LogP contribution >= 0.6 is 0 Å². The molecule has 0 radical (unpaired) electrons. The molecule has 2 unspecified atom stereocenters. The Labute approximate surface area is 106 Å². The van der Waals surface area contributed by atoms with E-state index in [0.29, 0.717) is 5.92 Å². The topological polar surface area (TPSA) is 12.0 Å². The molecule has 17 heavy (non-hydrogen) atoms. The van der Waals surface area contributed by atoms with Gasteiger partial charge in [-0.15, -0.1) is 0 Å². The molecule has 0 aliphatic heterocycles. The highest BCUT2D eigenvalue weighted by Crippen LogP contribution is 2.34. The Morgan fingerprint density at radius 2 is 1.88 bits per heavy atom. The van der Waals surface area contributed by atoms with Gasteiger partial charge in [0.25, 0.3) is 0 Å². The number of benzene rings is 1. The van der Waals surface area contributed by atoms with Gasteiger partial charge in [0.15, 0.2) is 0 Å². The smallest absolute Gasteiger partial charge is 0.00729 e. The van der Waals surface area contributed by atoms with Crippen molar-refractivity contribution in [2.75, 3.05) is 6.54 Å². The highest BCUT2D eigenvalue weighted by molar-refractivity contribution is 5.28. The van der Waals surface area contributed by atoms with Crippen LogP contribution in [0.2, 0.25) is 0 Å². The molecule has 1 aromatic carbocycles. The van der Waals surface area contributed by atoms with Crippen LogP contribution in [0.3, 0.4) is 0 Å². The first-order valence-corrected chi connectivity index (χ1v) is 7.04. The zero-order chi connectivity index (χ0) is 12.3. The SMILES string of the molecule is CCNC1CCC(c2ccc(C(C)C)cc2)C1. The molecule has 2 rings (SSSR count). The molecule has 1 N–H and O–H groups in total. The first kappa shape index (κ1) is 12.6. The maximum Gasteiger partial charge on any atom is 0.00729 e. The predicted molar refractivity (Wildman–Crippen MR) is 74.6 cm³/mol. The fraction of sp³-hybridized carbons (Fsp3) is 0.625. The third kappa shape index (κ3) is 3.10. The zero-order valence-electron chi connectivity index (χ0n) is 11.4. The second kappa shape index (κ2) is 5.68. The van der Waals surface area contributed by atoms with Crippen LogP contribution in [-0.4, -0.2) is 12.6 Å². The van der Waals surface area contributed by atoms with Crippen LogP contribution in [0.25, 0.3) is 0 Å². The lowest BCUT2D eigenvalue weighted by Crippen LogP contribution is -2.25. The van der Waals surface area contributed by atoms with Crippen LogP contribution in [0.15, 0.2) is 24.3 Å². The lowest BCUT2D eigenvalue weighted by molar-refractivity contribution is 0.535. The molecule has 0 aromatic heterocycles. The molecule has 0 amide bonds. The molecule has 2 atom stereocenters. The number of hydrogen-bond donors (Lipinski definition) is 1. The van der Waals surface area contributed by atoms with E-state index in [2.05, 4.69) is 50.4 Å². The third-order valence-electron chi connectivity index (χ3n) is 4.00. The second-order valence-electron chi connectivity index (χ2n) is 5.59. The summed E-state index contributed by atoms with van der Waals surface area (Å²) in [6, 6.07) is 10.0. The van der Waals surface area contributed by atoms with Crippen molar-refractivity contribution in [2.45, 2.75) is 57.9 Å². The Kier molecular flexibility index (Phi) is 4.22. The van der Waals surface area contributed by atoms with Crippen LogP contribution in [0, 0.1) is 0 Å². The highest BCUT2D eigenvalue weighted by atomic mass is 14.9. The molecule has 0 bridgehead atoms. The van der Waals surface area contributed by atoms with Gasteiger partial charge in [-0.2, -0.15) is 0 Å². The first-order chi connectivity index (χ1) is 8.20. The van der Waals surface area contributed by atoms with Gasteiger partial charge in [0.1, 0.15) is 0 Å². The summed E-state index contributed by atoms with van der Waals surface area (Å²) in [6.07, 6.45) is 4.00. The van der Waals surface area contributed by atoms with Crippen molar-refractivity contribution >= 4 is 0 Å². The molecule has 0 spiro atoms. The van der Waals surface area contributed by atoms with E-state index in [-0.39, 0.29) is 0 Å². The van der Waals surface area contributed by atoms with Gasteiger partial charge in [-0.3, -0.25) is 0 Å². The molecule has 0 heterocycles. The average molecular weight is 231 g/mol. The van der Waals surface area contributed by atoms with Gasteiger partial charge in [-0.1, -0.05) is 45.0 Å². The van der Waals surface area contributed by atoms with Crippen LogP contribution in [0.5, 0.6) is 0 Å². The molecular weight excluding hydrogens is 206 g/mol. The maximum atomic E-state index is 3.57. The van der Waals surface area contributed by atoms with Gasteiger partial charge in [0.05, 0.1) is 0 Å². The molecule has 0 saturated heterocycles. The van der Waals surface area contributed by atoms with E-state index in [1.54, 1.807) is 0 Å². The van der Waals surface area contributed by atoms with Gasteiger partial charge in [0, 0.05) is 6.04 Å². The van der Waals surface area contributed by atoms with E-state index in [1.807, 2.05) is 0 Å². The van der Waals surface area contributed by atoms with Crippen LogP contribution < -0.4 is 5.32 Å². The summed E-state index contributed by atoms with van der Waals surface area (Å²) in [5.74, 6) is 1.42. The van der Waals surface area contributed by atoms with E-state index in [1.165, 1.54) is 30.4 Å². The van der Waals surface area contributed by atoms with Gasteiger partial charge in [-0.05, 0) is 48.8 Å². The van der Waals surface area contributed by atoms with E-state index in [4.69, 9.17) is 0 Å². The fourth-order valence-corrected chi connectivity index (χ4v) is 2.91. The third-order valence-corrected chi connectivity index (χ3v) is 4.00. The van der Waals surface area contributed by atoms with Crippen molar-refractivity contribution in [2.24, 2.45) is 0 Å². The molecule has 1 aliphatic carbocycles. The Morgan fingerprint density at radius 3 is 2.47 bits per heavy atom. The minimum absolute atomic E-state index is 0.641. The first-order valence-electron chi connectivity index (χ1n) is 7.04. The van der Waals surface area contributed by atoms with E-state index in [0.717, 1.165) is 18.5 Å². The lowest BCUT2D eigenvalue weighted by Gasteiger charge is -2.13. The van der Waals surface area contributed by atoms with Crippen LogP contribution in [0.4, 0.5) is 0 Å². The van der Waals surface area contributed by atoms with Gasteiger partial charge >= 0.3 is 0 Å². The van der Waals surface area contributed by atoms with Gasteiger partial charge in [0.2, 0.25) is 0 Å². The number of nitrogens with one attached hydrogen (secondary N) is 1. The summed E-state index contributed by atoms with van der Waals surface area (Å²) in [6.45, 7) is 7.81. The second-order valence-corrected chi connectivity index (χ2v) is 5.59. The van der Waals surface area contributed by atoms with Crippen molar-refractivity contribution in [1.82, 2.24) is 5.32 Å². The molecule has 1 nitrogen and oxygen atoms in total. The number of rotatable bonds is 4. The lowest BCUT2D eigenvalue weighted by atomic mass is 9.94. The van der Waals surface area contributed by atoms with Crippen molar-refractivity contribution in [3.8, 4) is 0 Å². The highest BCUT2D eigenvalue weighted by Gasteiger charge is 2.24. The fourth-order valence-electron chi connectivity index (χ4n) is 2.91. The summed E-state index contributed by atoms with van der Waals surface area (Å²) in [4.78, 5) is 0. The van der Waals surface area contributed by atoms with E-state index >= 15 is 0 Å². The molecular formula is C16H25N. The Morgan fingerprint density at radius 1 is 1.18 bits per heavy atom. The molecule has 1 saturated carbocycles. The summed E-state index contributed by atoms with van der Waals surface area (Å²) in [5.41, 5.74) is 2.99. The molecule has 94 valence electrons. The van der Waals surface area contributed by atoms with Gasteiger partial charge in [-0.25, -0.2) is 0 Å². The molecule has 1 fully saturated rings. The number of hydrogen-bond acceptors (Lipinski definition) is 1. The monoisotopic (exact) mass is 231 g/mol. The standard InChI is InChI=1S/C16H25N/c1-4-17-16-10-9-15(11-16)14-7-5-13(6-8-14)12(2)3/h5-8,12,15-17H,4,9-11H2,1-3H3. The van der Waals surface area contributed by atoms with Crippen LogP contribution in [0.1, 0.15) is 63.0 Å². The Hall–Kier alpha value is -0.820. The maximum absolute atomic E-state index is 3.57. The molecule has 1 aliphatic rings. The minimum atomic E-state index is 0.641. The van der Waals surface area contributed by atoms with Gasteiger partial charge < -0.3 is 5.32 Å². The van der Waals surface area contributed by atoms with E-state index in [9.17, 15) is 0 Å². The normalized spacial score (nSPS) is 24.5. The molecule has 1 heteroatoms. The Balaban J connectivity index is 1.99. The van der Waals surface area contributed by atoms with Crippen molar-refractivity contribution in [1.29, 1.82) is 0 Å². The van der Waals surface area contributed by atoms with Crippen LogP contribution in [-0.2, 0) is 0 Å². The quantitative estimate of drug-likeness (QED) is 0.824. The van der Waals surface area contributed by atoms with Crippen molar-refractivity contribution in [3.63, 3.8) is 0 Å². The zero-order valence-corrected chi connectivity index (χ0v) is 11.4. The van der Waals surface area contributed by atoms with Crippen molar-refractivity contribution < 1.29 is 0 Å². The largest absolute Gasteiger partial charge is 0.314 e. The summed E-state index contributed by atoms with van der Waals surface area (Å²) < 4.78 is 0.